The van der Waals surface area contributed by atoms with Crippen molar-refractivity contribution in [2.45, 2.75) is 26.7 Å². The fraction of sp³-hybridized carbons (Fsp3) is 0.600. The van der Waals surface area contributed by atoms with Gasteiger partial charge in [-0.1, -0.05) is 31.2 Å². The summed E-state index contributed by atoms with van der Waals surface area (Å²) in [5.41, 5.74) is 1.31. The second kappa shape index (κ2) is 3.05. The Kier molecular flexibility index (Phi) is 2.31. The molecule has 0 unspecified atom stereocenters. The van der Waals surface area contributed by atoms with Crippen molar-refractivity contribution in [3.8, 4) is 0 Å². The maximum atomic E-state index is 3.95. The lowest BCUT2D eigenvalue weighted by Crippen LogP contribution is -2.06. The third-order valence-corrected chi connectivity index (χ3v) is 2.24. The van der Waals surface area contributed by atoms with E-state index in [4.69, 9.17) is 0 Å². The third-order valence-electron chi connectivity index (χ3n) is 2.24. The van der Waals surface area contributed by atoms with Gasteiger partial charge in [0.1, 0.15) is 0 Å². The summed E-state index contributed by atoms with van der Waals surface area (Å²) in [5.74, 6) is 1.45. The Hall–Kier alpha value is -0.520. The number of rotatable bonds is 1. The van der Waals surface area contributed by atoms with Crippen LogP contribution in [0.15, 0.2) is 24.3 Å². The topological polar surface area (TPSA) is 0 Å². The first-order valence-electron chi connectivity index (χ1n) is 4.04. The second-order valence-corrected chi connectivity index (χ2v) is 3.39. The summed E-state index contributed by atoms with van der Waals surface area (Å²) in [6.07, 6.45) is 7.24. The Bertz CT molecular complexity index is 153. The minimum atomic E-state index is 0.663. The SMILES string of the molecule is C=C(C)[C@H]1C=C[C@@H](C)CC1. The van der Waals surface area contributed by atoms with Crippen molar-refractivity contribution in [3.05, 3.63) is 24.3 Å². The summed E-state index contributed by atoms with van der Waals surface area (Å²) >= 11 is 0. The van der Waals surface area contributed by atoms with Gasteiger partial charge in [0.25, 0.3) is 0 Å². The third kappa shape index (κ3) is 1.73. The summed E-state index contributed by atoms with van der Waals surface area (Å²) in [7, 11) is 0. The van der Waals surface area contributed by atoms with Crippen LogP contribution >= 0.6 is 0 Å². The molecule has 10 heavy (non-hydrogen) atoms. The predicted molar refractivity (Wildman–Crippen MR) is 45.8 cm³/mol. The molecule has 0 aromatic heterocycles. The summed E-state index contributed by atoms with van der Waals surface area (Å²) in [6, 6.07) is 0. The first-order chi connectivity index (χ1) is 4.70. The zero-order chi connectivity index (χ0) is 7.56. The molecular weight excluding hydrogens is 120 g/mol. The zero-order valence-electron chi connectivity index (χ0n) is 6.93. The van der Waals surface area contributed by atoms with Crippen molar-refractivity contribution in [2.24, 2.45) is 11.8 Å². The fourth-order valence-corrected chi connectivity index (χ4v) is 1.37. The molecule has 0 aromatic carbocycles. The lowest BCUT2D eigenvalue weighted by Gasteiger charge is -2.19. The van der Waals surface area contributed by atoms with Crippen LogP contribution < -0.4 is 0 Å². The molecule has 0 aromatic rings. The van der Waals surface area contributed by atoms with Crippen molar-refractivity contribution >= 4 is 0 Å². The summed E-state index contributed by atoms with van der Waals surface area (Å²) in [4.78, 5) is 0. The number of allylic oxidation sites excluding steroid dienone is 3. The Morgan fingerprint density at radius 1 is 1.40 bits per heavy atom. The van der Waals surface area contributed by atoms with E-state index in [1.165, 1.54) is 18.4 Å². The molecule has 0 nitrogen and oxygen atoms in total. The maximum absolute atomic E-state index is 3.95. The quantitative estimate of drug-likeness (QED) is 0.486. The van der Waals surface area contributed by atoms with Crippen LogP contribution in [-0.4, -0.2) is 0 Å². The molecule has 0 fully saturated rings. The van der Waals surface area contributed by atoms with Crippen LogP contribution in [0.3, 0.4) is 0 Å². The van der Waals surface area contributed by atoms with E-state index in [9.17, 15) is 0 Å². The summed E-state index contributed by atoms with van der Waals surface area (Å²) < 4.78 is 0. The number of hydrogen-bond donors (Lipinski definition) is 0. The van der Waals surface area contributed by atoms with Gasteiger partial charge in [-0.25, -0.2) is 0 Å². The molecular formula is C10H16. The summed E-state index contributed by atoms with van der Waals surface area (Å²) in [5, 5.41) is 0. The normalized spacial score (nSPS) is 32.2. The molecule has 0 heterocycles. The van der Waals surface area contributed by atoms with Gasteiger partial charge in [0.15, 0.2) is 0 Å². The smallest absolute Gasteiger partial charge is 0.00284 e. The van der Waals surface area contributed by atoms with Gasteiger partial charge >= 0.3 is 0 Å². The Labute approximate surface area is 63.6 Å². The largest absolute Gasteiger partial charge is 0.0995 e. The Morgan fingerprint density at radius 2 is 2.10 bits per heavy atom. The zero-order valence-corrected chi connectivity index (χ0v) is 6.93. The van der Waals surface area contributed by atoms with Crippen molar-refractivity contribution < 1.29 is 0 Å². The molecule has 0 radical (unpaired) electrons. The minimum absolute atomic E-state index is 0.663. The van der Waals surface area contributed by atoms with E-state index in [2.05, 4.69) is 32.6 Å². The van der Waals surface area contributed by atoms with E-state index < -0.39 is 0 Å². The molecule has 1 aliphatic rings. The molecule has 0 bridgehead atoms. The highest BCUT2D eigenvalue weighted by Crippen LogP contribution is 2.25. The van der Waals surface area contributed by atoms with Gasteiger partial charge in [-0.3, -0.25) is 0 Å². The molecule has 0 heteroatoms. The molecule has 2 atom stereocenters. The summed E-state index contributed by atoms with van der Waals surface area (Å²) in [6.45, 7) is 8.34. The van der Waals surface area contributed by atoms with Crippen LogP contribution in [0, 0.1) is 11.8 Å². The van der Waals surface area contributed by atoms with E-state index in [0.29, 0.717) is 5.92 Å². The lowest BCUT2D eigenvalue weighted by molar-refractivity contribution is 0.517. The van der Waals surface area contributed by atoms with E-state index >= 15 is 0 Å². The van der Waals surface area contributed by atoms with Gasteiger partial charge in [0.05, 0.1) is 0 Å². The maximum Gasteiger partial charge on any atom is -0.00284 e. The molecule has 0 amide bonds. The molecule has 0 saturated carbocycles. The molecule has 0 aliphatic heterocycles. The molecule has 1 rings (SSSR count). The monoisotopic (exact) mass is 136 g/mol. The molecule has 1 aliphatic carbocycles. The fourth-order valence-electron chi connectivity index (χ4n) is 1.37. The van der Waals surface area contributed by atoms with Crippen molar-refractivity contribution in [3.63, 3.8) is 0 Å². The van der Waals surface area contributed by atoms with Gasteiger partial charge in [-0.2, -0.15) is 0 Å². The van der Waals surface area contributed by atoms with Crippen LogP contribution in [0.1, 0.15) is 26.7 Å². The predicted octanol–water partition coefficient (Wildman–Crippen LogP) is 3.16. The highest BCUT2D eigenvalue weighted by molar-refractivity contribution is 5.10. The van der Waals surface area contributed by atoms with Gasteiger partial charge in [-0.05, 0) is 31.6 Å². The van der Waals surface area contributed by atoms with E-state index in [1.807, 2.05) is 0 Å². The van der Waals surface area contributed by atoms with Crippen molar-refractivity contribution in [1.29, 1.82) is 0 Å². The molecule has 0 saturated heterocycles. The van der Waals surface area contributed by atoms with Gasteiger partial charge in [0, 0.05) is 0 Å². The van der Waals surface area contributed by atoms with E-state index in [-0.39, 0.29) is 0 Å². The highest BCUT2D eigenvalue weighted by atomic mass is 14.2. The van der Waals surface area contributed by atoms with E-state index in [0.717, 1.165) is 5.92 Å². The lowest BCUT2D eigenvalue weighted by atomic mass is 9.86. The van der Waals surface area contributed by atoms with Crippen LogP contribution in [0.2, 0.25) is 0 Å². The average Bonchev–Trinajstić information content (AvgIpc) is 1.88. The first-order valence-corrected chi connectivity index (χ1v) is 4.04. The Morgan fingerprint density at radius 3 is 2.50 bits per heavy atom. The van der Waals surface area contributed by atoms with Crippen LogP contribution in [0.4, 0.5) is 0 Å². The van der Waals surface area contributed by atoms with Crippen LogP contribution in [0.25, 0.3) is 0 Å². The molecule has 56 valence electrons. The second-order valence-electron chi connectivity index (χ2n) is 3.39. The van der Waals surface area contributed by atoms with Gasteiger partial charge in [0.2, 0.25) is 0 Å². The number of hydrogen-bond acceptors (Lipinski definition) is 0. The van der Waals surface area contributed by atoms with Crippen LogP contribution in [-0.2, 0) is 0 Å². The molecule has 0 N–H and O–H groups in total. The van der Waals surface area contributed by atoms with E-state index in [1.54, 1.807) is 0 Å². The first kappa shape index (κ1) is 7.59. The highest BCUT2D eigenvalue weighted by Gasteiger charge is 2.11. The van der Waals surface area contributed by atoms with Crippen molar-refractivity contribution in [1.82, 2.24) is 0 Å². The minimum Gasteiger partial charge on any atom is -0.0995 e. The molecule has 0 spiro atoms. The van der Waals surface area contributed by atoms with Crippen molar-refractivity contribution in [2.75, 3.05) is 0 Å². The standard InChI is InChI=1S/C10H16/c1-8(2)10-6-4-9(3)5-7-10/h4,6,9-10H,1,5,7H2,2-3H3/t9-,10+/m1/s1. The Balaban J connectivity index is 2.53. The van der Waals surface area contributed by atoms with Gasteiger partial charge in [-0.15, -0.1) is 0 Å². The van der Waals surface area contributed by atoms with Gasteiger partial charge < -0.3 is 0 Å². The van der Waals surface area contributed by atoms with Crippen LogP contribution in [0.5, 0.6) is 0 Å². The average molecular weight is 136 g/mol.